The molecule has 2 aliphatic rings. The fourth-order valence-corrected chi connectivity index (χ4v) is 2.80. The summed E-state index contributed by atoms with van der Waals surface area (Å²) in [4.78, 5) is 16.9. The zero-order valence-corrected chi connectivity index (χ0v) is 12.3. The van der Waals surface area contributed by atoms with Gasteiger partial charge in [-0.2, -0.15) is 15.2 Å². The van der Waals surface area contributed by atoms with Crippen molar-refractivity contribution in [3.05, 3.63) is 72.1 Å². The van der Waals surface area contributed by atoms with Gasteiger partial charge in [-0.3, -0.25) is 4.98 Å². The van der Waals surface area contributed by atoms with Crippen LogP contribution in [0.25, 0.3) is 0 Å². The minimum atomic E-state index is -0.224. The average molecular weight is 305 g/mol. The average Bonchev–Trinajstić information content (AvgIpc) is 2.95. The Labute approximate surface area is 133 Å². The molecule has 0 saturated heterocycles. The number of nitrogens with one attached hydrogen (secondary N) is 1. The van der Waals surface area contributed by atoms with Crippen molar-refractivity contribution < 1.29 is 4.79 Å². The summed E-state index contributed by atoms with van der Waals surface area (Å²) in [5.74, 6) is 0. The van der Waals surface area contributed by atoms with Crippen LogP contribution in [0.15, 0.2) is 65.9 Å². The van der Waals surface area contributed by atoms with Crippen LogP contribution in [0.1, 0.15) is 17.3 Å². The highest BCUT2D eigenvalue weighted by Crippen LogP contribution is 2.41. The molecule has 2 aliphatic heterocycles. The number of pyridine rings is 1. The number of anilines is 1. The van der Waals surface area contributed by atoms with Gasteiger partial charge in [-0.15, -0.1) is 0 Å². The Morgan fingerprint density at radius 3 is 2.91 bits per heavy atom. The van der Waals surface area contributed by atoms with E-state index >= 15 is 0 Å². The molecular weight excluding hydrogens is 290 g/mol. The molecule has 0 bridgehead atoms. The summed E-state index contributed by atoms with van der Waals surface area (Å²) in [6.07, 6.45) is 7.31. The quantitative estimate of drug-likeness (QED) is 0.928. The molecule has 1 aromatic carbocycles. The number of hydrogen-bond donors (Lipinski definition) is 1. The molecule has 2 aromatic rings. The molecule has 0 spiro atoms. The van der Waals surface area contributed by atoms with Crippen LogP contribution in [0.4, 0.5) is 10.5 Å². The lowest BCUT2D eigenvalue weighted by Gasteiger charge is -2.29. The summed E-state index contributed by atoms with van der Waals surface area (Å²) in [6.45, 7) is 0.371. The summed E-state index contributed by atoms with van der Waals surface area (Å²) >= 11 is 0. The van der Waals surface area contributed by atoms with Crippen LogP contribution in [0.3, 0.4) is 0 Å². The van der Waals surface area contributed by atoms with Gasteiger partial charge in [-0.05, 0) is 24.3 Å². The molecule has 6 heteroatoms. The van der Waals surface area contributed by atoms with Gasteiger partial charge in [0.25, 0.3) is 0 Å². The minimum absolute atomic E-state index is 0.0446. The Morgan fingerprint density at radius 2 is 2.04 bits per heavy atom. The van der Waals surface area contributed by atoms with Gasteiger partial charge in [0.2, 0.25) is 0 Å². The van der Waals surface area contributed by atoms with Crippen molar-refractivity contribution in [3.8, 4) is 0 Å². The molecule has 23 heavy (non-hydrogen) atoms. The van der Waals surface area contributed by atoms with Crippen LogP contribution < -0.4 is 10.3 Å². The number of aromatic nitrogens is 1. The number of fused-ring (bicyclic) bond motifs is 3. The summed E-state index contributed by atoms with van der Waals surface area (Å²) < 4.78 is 0. The number of hydrazine groups is 1. The molecule has 6 nitrogen and oxygen atoms in total. The van der Waals surface area contributed by atoms with Crippen LogP contribution >= 0.6 is 0 Å². The first-order chi connectivity index (χ1) is 11.3. The normalized spacial score (nSPS) is 17.8. The lowest BCUT2D eigenvalue weighted by Crippen LogP contribution is -2.46. The lowest BCUT2D eigenvalue weighted by molar-refractivity contribution is 0.206. The molecule has 1 N–H and O–H groups in total. The molecule has 2 amide bonds. The number of nitrogens with zero attached hydrogens (tertiary/aromatic N) is 4. The number of hydrazone groups is 1. The number of allylic oxidation sites excluding steroid dienone is 1. The van der Waals surface area contributed by atoms with Gasteiger partial charge in [-0.1, -0.05) is 30.3 Å². The predicted molar refractivity (Wildman–Crippen MR) is 87.6 cm³/mol. The number of rotatable bonds is 2. The lowest BCUT2D eigenvalue weighted by atomic mass is 10.1. The Hall–Kier alpha value is -3.15. The molecule has 0 saturated carbocycles. The van der Waals surface area contributed by atoms with Crippen molar-refractivity contribution in [2.24, 2.45) is 5.10 Å². The monoisotopic (exact) mass is 305 g/mol. The third kappa shape index (κ3) is 2.34. The number of urea groups is 1. The Morgan fingerprint density at radius 1 is 1.17 bits per heavy atom. The second kappa shape index (κ2) is 5.57. The zero-order valence-electron chi connectivity index (χ0n) is 12.3. The molecule has 0 aliphatic carbocycles. The van der Waals surface area contributed by atoms with E-state index in [9.17, 15) is 4.79 Å². The highest BCUT2D eigenvalue weighted by molar-refractivity contribution is 5.94. The predicted octanol–water partition coefficient (Wildman–Crippen LogP) is 2.63. The van der Waals surface area contributed by atoms with Crippen molar-refractivity contribution in [2.45, 2.75) is 12.6 Å². The fraction of sp³-hybridized carbons (Fsp3) is 0.118. The van der Waals surface area contributed by atoms with Gasteiger partial charge in [0.1, 0.15) is 6.04 Å². The third-order valence-electron chi connectivity index (χ3n) is 3.84. The van der Waals surface area contributed by atoms with Gasteiger partial charge in [0.15, 0.2) is 0 Å². The summed E-state index contributed by atoms with van der Waals surface area (Å²) in [5, 5.41) is 10.5. The van der Waals surface area contributed by atoms with Crippen LogP contribution in [-0.4, -0.2) is 22.3 Å². The van der Waals surface area contributed by atoms with Crippen LogP contribution in [0, 0.1) is 0 Å². The van der Waals surface area contributed by atoms with Gasteiger partial charge >= 0.3 is 6.03 Å². The second-order valence-corrected chi connectivity index (χ2v) is 5.27. The molecule has 1 unspecified atom stereocenters. The van der Waals surface area contributed by atoms with Crippen LogP contribution in [0.2, 0.25) is 0 Å². The number of carbonyl (C=O) groups is 1. The van der Waals surface area contributed by atoms with Crippen LogP contribution in [-0.2, 0) is 6.54 Å². The number of carbonyl (C=O) groups excluding carboxylic acids is 1. The first-order valence-electron chi connectivity index (χ1n) is 7.41. The first kappa shape index (κ1) is 13.5. The van der Waals surface area contributed by atoms with E-state index in [1.165, 1.54) is 0 Å². The summed E-state index contributed by atoms with van der Waals surface area (Å²) in [6, 6.07) is 13.2. The first-order valence-corrected chi connectivity index (χ1v) is 7.41. The maximum atomic E-state index is 12.7. The van der Waals surface area contributed by atoms with Crippen molar-refractivity contribution in [3.63, 3.8) is 0 Å². The fourth-order valence-electron chi connectivity index (χ4n) is 2.80. The van der Waals surface area contributed by atoms with E-state index in [-0.39, 0.29) is 12.1 Å². The smallest absolute Gasteiger partial charge is 0.331 e. The zero-order chi connectivity index (χ0) is 15.6. The SMILES string of the molecule is O=C(NCc1ccccn1)N1c2ccccc2C2C=CC=NN21. The van der Waals surface area contributed by atoms with Crippen molar-refractivity contribution in [1.29, 1.82) is 0 Å². The van der Waals surface area contributed by atoms with Crippen molar-refractivity contribution in [2.75, 3.05) is 5.01 Å². The van der Waals surface area contributed by atoms with Gasteiger partial charge in [-0.25, -0.2) is 4.79 Å². The molecule has 0 radical (unpaired) electrons. The number of amides is 2. The highest BCUT2D eigenvalue weighted by atomic mass is 16.2. The maximum Gasteiger partial charge on any atom is 0.342 e. The molecule has 3 heterocycles. The van der Waals surface area contributed by atoms with Crippen molar-refractivity contribution >= 4 is 17.9 Å². The van der Waals surface area contributed by atoms with E-state index in [1.807, 2.05) is 54.6 Å². The largest absolute Gasteiger partial charge is 0.342 e. The van der Waals surface area contributed by atoms with E-state index in [4.69, 9.17) is 0 Å². The number of para-hydroxylation sites is 1. The standard InChI is InChI=1S/C17H15N5O/c23-17(19-12-13-6-3-4-10-18-13)21-15-8-2-1-7-14(15)16-9-5-11-20-22(16)21/h1-11,16H,12H2,(H,19,23). The van der Waals surface area contributed by atoms with E-state index < -0.39 is 0 Å². The topological polar surface area (TPSA) is 60.8 Å². The molecule has 4 rings (SSSR count). The number of hydrogen-bond acceptors (Lipinski definition) is 4. The van der Waals surface area contributed by atoms with Gasteiger partial charge < -0.3 is 5.32 Å². The third-order valence-corrected chi connectivity index (χ3v) is 3.84. The van der Waals surface area contributed by atoms with E-state index in [1.54, 1.807) is 22.5 Å². The summed E-state index contributed by atoms with van der Waals surface area (Å²) in [5.41, 5.74) is 2.72. The van der Waals surface area contributed by atoms with Crippen LogP contribution in [0.5, 0.6) is 0 Å². The Kier molecular flexibility index (Phi) is 3.27. The van der Waals surface area contributed by atoms with E-state index in [0.717, 1.165) is 16.9 Å². The maximum absolute atomic E-state index is 12.7. The molecular formula is C17H15N5O. The van der Waals surface area contributed by atoms with Gasteiger partial charge in [0.05, 0.1) is 17.9 Å². The molecule has 0 fully saturated rings. The minimum Gasteiger partial charge on any atom is -0.331 e. The van der Waals surface area contributed by atoms with E-state index in [2.05, 4.69) is 15.4 Å². The molecule has 1 atom stereocenters. The second-order valence-electron chi connectivity index (χ2n) is 5.27. The Balaban J connectivity index is 1.59. The molecule has 1 aromatic heterocycles. The van der Waals surface area contributed by atoms with Gasteiger partial charge in [0, 0.05) is 18.0 Å². The van der Waals surface area contributed by atoms with Crippen molar-refractivity contribution in [1.82, 2.24) is 15.4 Å². The Bertz CT molecular complexity index is 787. The van der Waals surface area contributed by atoms with E-state index in [0.29, 0.717) is 6.54 Å². The number of benzene rings is 1. The molecule has 114 valence electrons. The highest BCUT2D eigenvalue weighted by Gasteiger charge is 2.38. The summed E-state index contributed by atoms with van der Waals surface area (Å²) in [7, 11) is 0.